The van der Waals surface area contributed by atoms with E-state index in [9.17, 15) is 0 Å². The SMILES string of the molecule is CNC(Cc1ccc(C)cc1)C1CN(C)CCN1C. The molecule has 1 fully saturated rings. The predicted molar refractivity (Wildman–Crippen MR) is 81.6 cm³/mol. The smallest absolute Gasteiger partial charge is 0.0377 e. The van der Waals surface area contributed by atoms with Gasteiger partial charge in [0.1, 0.15) is 0 Å². The second-order valence-corrected chi connectivity index (χ2v) is 5.90. The highest BCUT2D eigenvalue weighted by atomic mass is 15.3. The number of hydrogen-bond acceptors (Lipinski definition) is 3. The van der Waals surface area contributed by atoms with Crippen LogP contribution in [-0.2, 0) is 6.42 Å². The van der Waals surface area contributed by atoms with Gasteiger partial charge >= 0.3 is 0 Å². The Labute approximate surface area is 117 Å². The van der Waals surface area contributed by atoms with E-state index >= 15 is 0 Å². The molecule has 3 nitrogen and oxygen atoms in total. The molecule has 1 aliphatic heterocycles. The number of hydrogen-bond donors (Lipinski definition) is 1. The zero-order valence-electron chi connectivity index (χ0n) is 12.7. The van der Waals surface area contributed by atoms with Crippen molar-refractivity contribution < 1.29 is 0 Å². The van der Waals surface area contributed by atoms with E-state index < -0.39 is 0 Å². The Morgan fingerprint density at radius 1 is 1.21 bits per heavy atom. The van der Waals surface area contributed by atoms with Crippen LogP contribution in [0.2, 0.25) is 0 Å². The molecule has 1 N–H and O–H groups in total. The number of piperazine rings is 1. The fourth-order valence-electron chi connectivity index (χ4n) is 2.89. The summed E-state index contributed by atoms with van der Waals surface area (Å²) in [6, 6.07) is 10.0. The molecule has 0 spiro atoms. The highest BCUT2D eigenvalue weighted by Crippen LogP contribution is 2.14. The number of aryl methyl sites for hydroxylation is 1. The van der Waals surface area contributed by atoms with Crippen molar-refractivity contribution in [2.24, 2.45) is 0 Å². The Balaban J connectivity index is 2.04. The van der Waals surface area contributed by atoms with Crippen LogP contribution < -0.4 is 5.32 Å². The summed E-state index contributed by atoms with van der Waals surface area (Å²) in [7, 11) is 6.55. The number of benzene rings is 1. The van der Waals surface area contributed by atoms with E-state index in [0.29, 0.717) is 12.1 Å². The number of nitrogens with one attached hydrogen (secondary N) is 1. The Kier molecular flexibility index (Phi) is 4.97. The summed E-state index contributed by atoms with van der Waals surface area (Å²) >= 11 is 0. The standard InChI is InChI=1S/C16H27N3/c1-13-5-7-14(8-6-13)11-15(17-2)16-12-18(3)9-10-19(16)4/h5-8,15-17H,9-12H2,1-4H3. The van der Waals surface area contributed by atoms with Gasteiger partial charge in [0.05, 0.1) is 0 Å². The molecule has 2 atom stereocenters. The van der Waals surface area contributed by atoms with Crippen LogP contribution in [0.3, 0.4) is 0 Å². The van der Waals surface area contributed by atoms with Gasteiger partial charge in [-0.1, -0.05) is 29.8 Å². The van der Waals surface area contributed by atoms with Gasteiger partial charge in [0, 0.05) is 31.7 Å². The molecule has 1 heterocycles. The quantitative estimate of drug-likeness (QED) is 0.883. The molecule has 1 aromatic carbocycles. The van der Waals surface area contributed by atoms with Gasteiger partial charge in [-0.25, -0.2) is 0 Å². The van der Waals surface area contributed by atoms with Crippen molar-refractivity contribution in [2.45, 2.75) is 25.4 Å². The molecule has 3 heteroatoms. The van der Waals surface area contributed by atoms with Crippen LogP contribution in [0.15, 0.2) is 24.3 Å². The minimum Gasteiger partial charge on any atom is -0.315 e. The highest BCUT2D eigenvalue weighted by molar-refractivity contribution is 5.22. The van der Waals surface area contributed by atoms with Crippen LogP contribution in [-0.4, -0.2) is 62.7 Å². The van der Waals surface area contributed by atoms with Crippen molar-refractivity contribution in [3.05, 3.63) is 35.4 Å². The van der Waals surface area contributed by atoms with Gasteiger partial charge < -0.3 is 10.2 Å². The third kappa shape index (κ3) is 3.78. The van der Waals surface area contributed by atoms with Gasteiger partial charge in [0.25, 0.3) is 0 Å². The third-order valence-corrected chi connectivity index (χ3v) is 4.31. The second kappa shape index (κ2) is 6.51. The van der Waals surface area contributed by atoms with E-state index in [1.807, 2.05) is 0 Å². The molecule has 0 radical (unpaired) electrons. The summed E-state index contributed by atoms with van der Waals surface area (Å²) < 4.78 is 0. The number of likely N-dealkylation sites (N-methyl/N-ethyl adjacent to an activating group) is 3. The molecular formula is C16H27N3. The average molecular weight is 261 g/mol. The van der Waals surface area contributed by atoms with E-state index in [2.05, 4.69) is 67.4 Å². The van der Waals surface area contributed by atoms with Crippen molar-refractivity contribution in [3.8, 4) is 0 Å². The topological polar surface area (TPSA) is 18.5 Å². The third-order valence-electron chi connectivity index (χ3n) is 4.31. The van der Waals surface area contributed by atoms with E-state index in [1.54, 1.807) is 0 Å². The van der Waals surface area contributed by atoms with Crippen molar-refractivity contribution in [3.63, 3.8) is 0 Å². The lowest BCUT2D eigenvalue weighted by molar-refractivity contribution is 0.0897. The zero-order chi connectivity index (χ0) is 13.8. The summed E-state index contributed by atoms with van der Waals surface area (Å²) in [5.74, 6) is 0. The molecular weight excluding hydrogens is 234 g/mol. The summed E-state index contributed by atoms with van der Waals surface area (Å²) in [6.07, 6.45) is 1.10. The average Bonchev–Trinajstić information content (AvgIpc) is 2.41. The fraction of sp³-hybridized carbons (Fsp3) is 0.625. The van der Waals surface area contributed by atoms with Gasteiger partial charge in [-0.05, 0) is 40.1 Å². The van der Waals surface area contributed by atoms with Gasteiger partial charge in [-0.3, -0.25) is 4.90 Å². The van der Waals surface area contributed by atoms with E-state index in [4.69, 9.17) is 0 Å². The molecule has 0 aromatic heterocycles. The van der Waals surface area contributed by atoms with Crippen molar-refractivity contribution >= 4 is 0 Å². The molecule has 19 heavy (non-hydrogen) atoms. The molecule has 2 unspecified atom stereocenters. The maximum Gasteiger partial charge on any atom is 0.0377 e. The lowest BCUT2D eigenvalue weighted by Gasteiger charge is -2.42. The van der Waals surface area contributed by atoms with Gasteiger partial charge in [0.15, 0.2) is 0 Å². The summed E-state index contributed by atoms with van der Waals surface area (Å²) in [5.41, 5.74) is 2.76. The lowest BCUT2D eigenvalue weighted by atomic mass is 9.96. The van der Waals surface area contributed by atoms with Gasteiger partial charge in [-0.15, -0.1) is 0 Å². The lowest BCUT2D eigenvalue weighted by Crippen LogP contribution is -2.58. The Morgan fingerprint density at radius 3 is 2.53 bits per heavy atom. The largest absolute Gasteiger partial charge is 0.315 e. The minimum absolute atomic E-state index is 0.510. The van der Waals surface area contributed by atoms with Crippen LogP contribution in [0.1, 0.15) is 11.1 Å². The number of rotatable bonds is 4. The molecule has 2 rings (SSSR count). The highest BCUT2D eigenvalue weighted by Gasteiger charge is 2.28. The predicted octanol–water partition coefficient (Wildman–Crippen LogP) is 1.37. The van der Waals surface area contributed by atoms with Crippen molar-refractivity contribution in [1.82, 2.24) is 15.1 Å². The first-order valence-corrected chi connectivity index (χ1v) is 7.21. The maximum atomic E-state index is 3.52. The molecule has 1 aromatic rings. The first kappa shape index (κ1) is 14.5. The first-order chi connectivity index (χ1) is 9.10. The van der Waals surface area contributed by atoms with Crippen LogP contribution in [0.4, 0.5) is 0 Å². The van der Waals surface area contributed by atoms with E-state index in [1.165, 1.54) is 17.7 Å². The molecule has 0 bridgehead atoms. The van der Waals surface area contributed by atoms with Gasteiger partial charge in [-0.2, -0.15) is 0 Å². The monoisotopic (exact) mass is 261 g/mol. The van der Waals surface area contributed by atoms with Crippen molar-refractivity contribution in [1.29, 1.82) is 0 Å². The molecule has 1 saturated heterocycles. The summed E-state index contributed by atoms with van der Waals surface area (Å²) in [5, 5.41) is 3.52. The normalized spacial score (nSPS) is 23.5. The Hall–Kier alpha value is -0.900. The van der Waals surface area contributed by atoms with Crippen molar-refractivity contribution in [2.75, 3.05) is 40.8 Å². The molecule has 0 amide bonds. The van der Waals surface area contributed by atoms with Crippen LogP contribution in [0.25, 0.3) is 0 Å². The van der Waals surface area contributed by atoms with Gasteiger partial charge in [0.2, 0.25) is 0 Å². The van der Waals surface area contributed by atoms with E-state index in [0.717, 1.165) is 19.5 Å². The maximum absolute atomic E-state index is 3.52. The zero-order valence-corrected chi connectivity index (χ0v) is 12.7. The fourth-order valence-corrected chi connectivity index (χ4v) is 2.89. The molecule has 0 saturated carbocycles. The number of nitrogens with zero attached hydrogens (tertiary/aromatic N) is 2. The molecule has 1 aliphatic rings. The van der Waals surface area contributed by atoms with Crippen LogP contribution >= 0.6 is 0 Å². The summed E-state index contributed by atoms with van der Waals surface area (Å²) in [4.78, 5) is 4.93. The Morgan fingerprint density at radius 2 is 1.89 bits per heavy atom. The molecule has 106 valence electrons. The summed E-state index contributed by atoms with van der Waals surface area (Å²) in [6.45, 7) is 5.62. The van der Waals surface area contributed by atoms with E-state index in [-0.39, 0.29) is 0 Å². The van der Waals surface area contributed by atoms with Crippen LogP contribution in [0.5, 0.6) is 0 Å². The molecule has 0 aliphatic carbocycles. The van der Waals surface area contributed by atoms with Crippen LogP contribution in [0, 0.1) is 6.92 Å². The Bertz CT molecular complexity index is 387. The first-order valence-electron chi connectivity index (χ1n) is 7.21. The minimum atomic E-state index is 0.510. The second-order valence-electron chi connectivity index (χ2n) is 5.90.